The second-order valence-corrected chi connectivity index (χ2v) is 9.05. The predicted molar refractivity (Wildman–Crippen MR) is 134 cm³/mol. The summed E-state index contributed by atoms with van der Waals surface area (Å²) in [6.07, 6.45) is 6.31. The summed E-state index contributed by atoms with van der Waals surface area (Å²) in [7, 11) is 0. The number of hydrogen-bond acceptors (Lipinski definition) is 6. The Morgan fingerprint density at radius 3 is 2.75 bits per heavy atom. The molecule has 4 heterocycles. The van der Waals surface area contributed by atoms with E-state index in [1.807, 2.05) is 42.5 Å². The highest BCUT2D eigenvalue weighted by Gasteiger charge is 2.27. The Morgan fingerprint density at radius 2 is 1.92 bits per heavy atom. The normalized spacial score (nSPS) is 18.1. The number of aromatic nitrogens is 4. The van der Waals surface area contributed by atoms with Crippen LogP contribution in [0.4, 0.5) is 4.39 Å². The van der Waals surface area contributed by atoms with Crippen molar-refractivity contribution in [1.82, 2.24) is 19.5 Å². The van der Waals surface area contributed by atoms with Crippen molar-refractivity contribution in [2.24, 2.45) is 0 Å². The van der Waals surface area contributed by atoms with Gasteiger partial charge in [0.1, 0.15) is 5.82 Å². The lowest BCUT2D eigenvalue weighted by atomic mass is 9.95. The van der Waals surface area contributed by atoms with E-state index < -0.39 is 11.9 Å². The second-order valence-electron chi connectivity index (χ2n) is 9.05. The molecule has 0 aliphatic carbocycles. The summed E-state index contributed by atoms with van der Waals surface area (Å²) in [5.41, 5.74) is 3.62. The van der Waals surface area contributed by atoms with Crippen molar-refractivity contribution in [3.05, 3.63) is 101 Å². The van der Waals surface area contributed by atoms with Gasteiger partial charge < -0.3 is 9.84 Å². The third-order valence-corrected chi connectivity index (χ3v) is 6.75. The summed E-state index contributed by atoms with van der Waals surface area (Å²) in [6.45, 7) is 0.684. The average molecular weight is 483 g/mol. The molecule has 7 nitrogen and oxygen atoms in total. The molecule has 8 heteroatoms. The van der Waals surface area contributed by atoms with Gasteiger partial charge in [0.25, 0.3) is 5.56 Å². The molecule has 0 saturated carbocycles. The van der Waals surface area contributed by atoms with Gasteiger partial charge >= 0.3 is 0 Å². The Labute approximate surface area is 205 Å². The number of ether oxygens (including phenoxy) is 1. The van der Waals surface area contributed by atoms with Crippen molar-refractivity contribution in [3.8, 4) is 11.3 Å². The quantitative estimate of drug-likeness (QED) is 0.389. The average Bonchev–Trinajstić information content (AvgIpc) is 2.90. The maximum absolute atomic E-state index is 13.7. The number of aliphatic hydroxyl groups is 1. The number of rotatable bonds is 4. The summed E-state index contributed by atoms with van der Waals surface area (Å²) >= 11 is 0. The highest BCUT2D eigenvalue weighted by Crippen LogP contribution is 2.29. The summed E-state index contributed by atoms with van der Waals surface area (Å²) in [5.74, 6) is -0.418. The van der Waals surface area contributed by atoms with Gasteiger partial charge in [0.15, 0.2) is 0 Å². The van der Waals surface area contributed by atoms with E-state index in [1.54, 1.807) is 12.4 Å². The van der Waals surface area contributed by atoms with Gasteiger partial charge in [0.05, 0.1) is 47.9 Å². The minimum atomic E-state index is -0.761. The molecule has 2 aromatic carbocycles. The van der Waals surface area contributed by atoms with Gasteiger partial charge in [-0.3, -0.25) is 19.3 Å². The molecular weight excluding hydrogens is 459 g/mol. The second kappa shape index (κ2) is 9.22. The zero-order valence-corrected chi connectivity index (χ0v) is 19.3. The first-order valence-electron chi connectivity index (χ1n) is 11.8. The molecule has 36 heavy (non-hydrogen) atoms. The van der Waals surface area contributed by atoms with Gasteiger partial charge in [-0.15, -0.1) is 0 Å². The largest absolute Gasteiger partial charge is 0.389 e. The third kappa shape index (κ3) is 4.04. The molecule has 1 N–H and O–H groups in total. The van der Waals surface area contributed by atoms with Crippen molar-refractivity contribution in [1.29, 1.82) is 0 Å². The van der Waals surface area contributed by atoms with Crippen LogP contribution in [0.15, 0.2) is 78.2 Å². The highest BCUT2D eigenvalue weighted by atomic mass is 19.1. The molecule has 0 unspecified atom stereocenters. The zero-order chi connectivity index (χ0) is 24.6. The van der Waals surface area contributed by atoms with Gasteiger partial charge in [-0.25, -0.2) is 9.37 Å². The summed E-state index contributed by atoms with van der Waals surface area (Å²) in [4.78, 5) is 26.6. The van der Waals surface area contributed by atoms with E-state index in [-0.39, 0.29) is 18.2 Å². The molecule has 1 saturated heterocycles. The molecule has 0 radical (unpaired) electrons. The Hall–Kier alpha value is -4.01. The van der Waals surface area contributed by atoms with E-state index in [4.69, 9.17) is 4.74 Å². The summed E-state index contributed by atoms with van der Waals surface area (Å²) in [5, 5.41) is 12.8. The van der Waals surface area contributed by atoms with Crippen LogP contribution in [0.5, 0.6) is 0 Å². The first kappa shape index (κ1) is 22.5. The molecule has 5 aromatic rings. The summed E-state index contributed by atoms with van der Waals surface area (Å²) in [6, 6.07) is 14.7. The van der Waals surface area contributed by atoms with Crippen LogP contribution in [0.1, 0.15) is 23.6 Å². The van der Waals surface area contributed by atoms with E-state index in [1.165, 1.54) is 17.0 Å². The fraction of sp³-hybridized carbons (Fsp3) is 0.214. The van der Waals surface area contributed by atoms with Gasteiger partial charge in [0, 0.05) is 30.0 Å². The standard InChI is InChI=1S/C28H23FN4O3/c29-20-11-19(13-30-14-20)24-10-17(5-7-31-24)9-18-12-23-27(22-4-2-1-3-21(18)22)32-16-33(28(23)35)25-6-8-36-15-26(25)34/h1-5,7,10-14,16,25-26,34H,6,8-9,15H2/t25-,26-/m0/s1. The molecule has 0 bridgehead atoms. The van der Waals surface area contributed by atoms with Crippen molar-refractivity contribution < 1.29 is 14.2 Å². The topological polar surface area (TPSA) is 90.1 Å². The van der Waals surface area contributed by atoms with Gasteiger partial charge in [-0.05, 0) is 53.6 Å². The van der Waals surface area contributed by atoms with Crippen molar-refractivity contribution >= 4 is 21.7 Å². The van der Waals surface area contributed by atoms with Crippen LogP contribution < -0.4 is 5.56 Å². The van der Waals surface area contributed by atoms with E-state index >= 15 is 0 Å². The van der Waals surface area contributed by atoms with Gasteiger partial charge in [0.2, 0.25) is 0 Å². The predicted octanol–water partition coefficient (Wildman–Crippen LogP) is 4.06. The van der Waals surface area contributed by atoms with Gasteiger partial charge in [-0.1, -0.05) is 24.3 Å². The molecule has 2 atom stereocenters. The van der Waals surface area contributed by atoms with E-state index in [0.717, 1.165) is 28.1 Å². The lowest BCUT2D eigenvalue weighted by molar-refractivity contribution is -0.0395. The van der Waals surface area contributed by atoms with Crippen LogP contribution >= 0.6 is 0 Å². The van der Waals surface area contributed by atoms with Gasteiger partial charge in [-0.2, -0.15) is 0 Å². The smallest absolute Gasteiger partial charge is 0.261 e. The SMILES string of the molecule is O=c1c2cc(Cc3ccnc(-c4cncc(F)c4)c3)c3ccccc3c2ncn1[C@H]1CCOC[C@@H]1O. The lowest BCUT2D eigenvalue weighted by Crippen LogP contribution is -2.39. The minimum absolute atomic E-state index is 0.181. The Bertz CT molecular complexity index is 1650. The van der Waals surface area contributed by atoms with Crippen LogP contribution in [0.3, 0.4) is 0 Å². The molecule has 3 aromatic heterocycles. The number of benzene rings is 2. The Morgan fingerprint density at radius 1 is 1.06 bits per heavy atom. The first-order chi connectivity index (χ1) is 17.6. The number of aliphatic hydroxyl groups excluding tert-OH is 1. The fourth-order valence-corrected chi connectivity index (χ4v) is 4.98. The van der Waals surface area contributed by atoms with Crippen molar-refractivity contribution in [2.45, 2.75) is 25.0 Å². The number of hydrogen-bond donors (Lipinski definition) is 1. The number of pyridine rings is 2. The maximum Gasteiger partial charge on any atom is 0.261 e. The third-order valence-electron chi connectivity index (χ3n) is 6.75. The molecule has 1 aliphatic heterocycles. The molecule has 1 fully saturated rings. The molecule has 6 rings (SSSR count). The van der Waals surface area contributed by atoms with Crippen LogP contribution in [-0.4, -0.2) is 43.9 Å². The Balaban J connectivity index is 1.47. The van der Waals surface area contributed by atoms with Crippen LogP contribution in [0.2, 0.25) is 0 Å². The Kier molecular flexibility index (Phi) is 5.75. The fourth-order valence-electron chi connectivity index (χ4n) is 4.98. The minimum Gasteiger partial charge on any atom is -0.389 e. The van der Waals surface area contributed by atoms with Crippen molar-refractivity contribution in [3.63, 3.8) is 0 Å². The number of halogens is 1. The monoisotopic (exact) mass is 482 g/mol. The molecule has 1 aliphatic rings. The first-order valence-corrected chi connectivity index (χ1v) is 11.8. The van der Waals surface area contributed by atoms with E-state index in [9.17, 15) is 14.3 Å². The maximum atomic E-state index is 13.7. The number of nitrogens with zero attached hydrogens (tertiary/aromatic N) is 4. The van der Waals surface area contributed by atoms with Crippen LogP contribution in [-0.2, 0) is 11.2 Å². The molecule has 0 amide bonds. The molecular formula is C28H23FN4O3. The highest BCUT2D eigenvalue weighted by molar-refractivity contribution is 6.06. The molecule has 0 spiro atoms. The molecule has 180 valence electrons. The van der Waals surface area contributed by atoms with E-state index in [0.29, 0.717) is 41.6 Å². The zero-order valence-electron chi connectivity index (χ0n) is 19.3. The number of fused-ring (bicyclic) bond motifs is 3. The summed E-state index contributed by atoms with van der Waals surface area (Å²) < 4.78 is 20.6. The van der Waals surface area contributed by atoms with Crippen LogP contribution in [0.25, 0.3) is 32.9 Å². The van der Waals surface area contributed by atoms with E-state index in [2.05, 4.69) is 15.0 Å². The van der Waals surface area contributed by atoms with Crippen LogP contribution in [0, 0.1) is 5.82 Å². The van der Waals surface area contributed by atoms with Crippen molar-refractivity contribution in [2.75, 3.05) is 13.2 Å². The lowest BCUT2D eigenvalue weighted by Gasteiger charge is -2.29.